The van der Waals surface area contributed by atoms with Gasteiger partial charge in [0.15, 0.2) is 0 Å². The van der Waals surface area contributed by atoms with Gasteiger partial charge < -0.3 is 10.6 Å². The lowest BCUT2D eigenvalue weighted by Gasteiger charge is -2.16. The molecule has 1 aromatic carbocycles. The van der Waals surface area contributed by atoms with Crippen LogP contribution < -0.4 is 5.73 Å². The highest BCUT2D eigenvalue weighted by Crippen LogP contribution is 2.21. The number of anilines is 1. The predicted octanol–water partition coefficient (Wildman–Crippen LogP) is 3.37. The molecule has 1 aromatic heterocycles. The second-order valence-corrected chi connectivity index (χ2v) is 5.86. The molecule has 1 amide bonds. The summed E-state index contributed by atoms with van der Waals surface area (Å²) in [5.41, 5.74) is 6.96. The van der Waals surface area contributed by atoms with E-state index in [1.807, 2.05) is 17.5 Å². The number of amides is 1. The highest BCUT2D eigenvalue weighted by atomic mass is 79.9. The van der Waals surface area contributed by atoms with Gasteiger partial charge in [0.25, 0.3) is 5.91 Å². The van der Waals surface area contributed by atoms with Gasteiger partial charge in [0, 0.05) is 27.6 Å². The number of thiophene rings is 1. The van der Waals surface area contributed by atoms with Crippen molar-refractivity contribution in [1.29, 1.82) is 0 Å². The Morgan fingerprint density at radius 1 is 1.44 bits per heavy atom. The largest absolute Gasteiger partial charge is 0.398 e. The van der Waals surface area contributed by atoms with Crippen molar-refractivity contribution in [3.05, 3.63) is 50.6 Å². The summed E-state index contributed by atoms with van der Waals surface area (Å²) in [4.78, 5) is 15.0. The molecule has 0 fully saturated rings. The first-order valence-corrected chi connectivity index (χ1v) is 7.08. The fraction of sp³-hybridized carbons (Fsp3) is 0.154. The van der Waals surface area contributed by atoms with Gasteiger partial charge in [0.2, 0.25) is 0 Å². The summed E-state index contributed by atoms with van der Waals surface area (Å²) < 4.78 is 0.806. The first kappa shape index (κ1) is 13.1. The molecule has 0 atom stereocenters. The standard InChI is InChI=1S/C13H13BrN2OS/c1-16(8-10-3-2-6-18-10)13(17)9-4-5-11(14)12(15)7-9/h2-7H,8,15H2,1H3. The van der Waals surface area contributed by atoms with Crippen molar-refractivity contribution < 1.29 is 4.79 Å². The third kappa shape index (κ3) is 2.91. The van der Waals surface area contributed by atoms with Gasteiger partial charge >= 0.3 is 0 Å². The van der Waals surface area contributed by atoms with Gasteiger partial charge in [0.1, 0.15) is 0 Å². The second-order valence-electron chi connectivity index (χ2n) is 3.98. The summed E-state index contributed by atoms with van der Waals surface area (Å²) in [6, 6.07) is 9.26. The molecule has 2 rings (SSSR count). The van der Waals surface area contributed by atoms with Gasteiger partial charge in [-0.2, -0.15) is 0 Å². The summed E-state index contributed by atoms with van der Waals surface area (Å²) >= 11 is 4.96. The van der Waals surface area contributed by atoms with Crippen molar-refractivity contribution in [2.24, 2.45) is 0 Å². The highest BCUT2D eigenvalue weighted by Gasteiger charge is 2.13. The molecule has 5 heteroatoms. The molecule has 94 valence electrons. The average molecular weight is 325 g/mol. The second kappa shape index (κ2) is 5.54. The smallest absolute Gasteiger partial charge is 0.253 e. The SMILES string of the molecule is CN(Cc1cccs1)C(=O)c1ccc(Br)c(N)c1. The van der Waals surface area contributed by atoms with E-state index < -0.39 is 0 Å². The average Bonchev–Trinajstić information content (AvgIpc) is 2.84. The van der Waals surface area contributed by atoms with Crippen molar-refractivity contribution >= 4 is 38.9 Å². The van der Waals surface area contributed by atoms with Crippen LogP contribution >= 0.6 is 27.3 Å². The molecule has 0 bridgehead atoms. The molecule has 2 N–H and O–H groups in total. The van der Waals surface area contributed by atoms with E-state index in [-0.39, 0.29) is 5.91 Å². The Bertz CT molecular complexity index is 554. The molecular weight excluding hydrogens is 312 g/mol. The summed E-state index contributed by atoms with van der Waals surface area (Å²) in [6.07, 6.45) is 0. The van der Waals surface area contributed by atoms with Crippen LogP contribution in [0.3, 0.4) is 0 Å². The normalized spacial score (nSPS) is 10.3. The van der Waals surface area contributed by atoms with E-state index in [1.54, 1.807) is 41.5 Å². The minimum atomic E-state index is -0.0254. The van der Waals surface area contributed by atoms with Crippen molar-refractivity contribution in [2.45, 2.75) is 6.54 Å². The Hall–Kier alpha value is -1.33. The number of hydrogen-bond acceptors (Lipinski definition) is 3. The van der Waals surface area contributed by atoms with Crippen molar-refractivity contribution in [2.75, 3.05) is 12.8 Å². The monoisotopic (exact) mass is 324 g/mol. The number of carbonyl (C=O) groups excluding carboxylic acids is 1. The third-order valence-corrected chi connectivity index (χ3v) is 4.15. The molecule has 2 aromatic rings. The highest BCUT2D eigenvalue weighted by molar-refractivity contribution is 9.10. The zero-order valence-electron chi connectivity index (χ0n) is 9.89. The quantitative estimate of drug-likeness (QED) is 0.880. The molecular formula is C13H13BrN2OS. The van der Waals surface area contributed by atoms with Crippen molar-refractivity contribution in [3.8, 4) is 0 Å². The number of hydrogen-bond donors (Lipinski definition) is 1. The molecule has 0 aliphatic rings. The molecule has 0 radical (unpaired) electrons. The Balaban J connectivity index is 2.12. The molecule has 0 unspecified atom stereocenters. The summed E-state index contributed by atoms with van der Waals surface area (Å²) in [5, 5.41) is 2.01. The maximum Gasteiger partial charge on any atom is 0.253 e. The lowest BCUT2D eigenvalue weighted by atomic mass is 10.2. The van der Waals surface area contributed by atoms with Gasteiger partial charge in [-0.3, -0.25) is 4.79 Å². The summed E-state index contributed by atoms with van der Waals surface area (Å²) in [7, 11) is 1.79. The van der Waals surface area contributed by atoms with Gasteiger partial charge in [0.05, 0.1) is 6.54 Å². The maximum atomic E-state index is 12.2. The van der Waals surface area contributed by atoms with E-state index in [9.17, 15) is 4.79 Å². The van der Waals surface area contributed by atoms with E-state index in [2.05, 4.69) is 15.9 Å². The van der Waals surface area contributed by atoms with Gasteiger partial charge in [-0.25, -0.2) is 0 Å². The number of halogens is 1. The molecule has 18 heavy (non-hydrogen) atoms. The predicted molar refractivity (Wildman–Crippen MR) is 78.7 cm³/mol. The van der Waals surface area contributed by atoms with Gasteiger partial charge in [-0.05, 0) is 45.6 Å². The molecule has 0 saturated carbocycles. The third-order valence-electron chi connectivity index (χ3n) is 2.56. The lowest BCUT2D eigenvalue weighted by Crippen LogP contribution is -2.25. The number of rotatable bonds is 3. The lowest BCUT2D eigenvalue weighted by molar-refractivity contribution is 0.0786. The topological polar surface area (TPSA) is 46.3 Å². The maximum absolute atomic E-state index is 12.2. The van der Waals surface area contributed by atoms with Crippen LogP contribution in [-0.4, -0.2) is 17.9 Å². The minimum Gasteiger partial charge on any atom is -0.398 e. The van der Waals surface area contributed by atoms with Crippen LogP contribution in [0, 0.1) is 0 Å². The van der Waals surface area contributed by atoms with Crippen molar-refractivity contribution in [1.82, 2.24) is 4.90 Å². The number of nitrogens with zero attached hydrogens (tertiary/aromatic N) is 1. The first-order valence-electron chi connectivity index (χ1n) is 5.41. The fourth-order valence-corrected chi connectivity index (χ4v) is 2.61. The minimum absolute atomic E-state index is 0.0254. The molecule has 0 aliphatic carbocycles. The zero-order valence-corrected chi connectivity index (χ0v) is 12.3. The van der Waals surface area contributed by atoms with E-state index in [1.165, 1.54) is 0 Å². The number of benzene rings is 1. The van der Waals surface area contributed by atoms with Crippen molar-refractivity contribution in [3.63, 3.8) is 0 Å². The number of carbonyl (C=O) groups is 1. The van der Waals surface area contributed by atoms with Crippen LogP contribution in [0.4, 0.5) is 5.69 Å². The van der Waals surface area contributed by atoms with Crippen LogP contribution in [0.1, 0.15) is 15.2 Å². The number of nitrogens with two attached hydrogens (primary N) is 1. The van der Waals surface area contributed by atoms with Crippen LogP contribution in [-0.2, 0) is 6.54 Å². The summed E-state index contributed by atoms with van der Waals surface area (Å²) in [5.74, 6) is -0.0254. The molecule has 3 nitrogen and oxygen atoms in total. The van der Waals surface area contributed by atoms with Crippen LogP contribution in [0.15, 0.2) is 40.2 Å². The van der Waals surface area contributed by atoms with Crippen LogP contribution in [0.2, 0.25) is 0 Å². The van der Waals surface area contributed by atoms with E-state index in [0.29, 0.717) is 17.8 Å². The van der Waals surface area contributed by atoms with E-state index in [0.717, 1.165) is 9.35 Å². The molecule has 0 saturated heterocycles. The Morgan fingerprint density at radius 3 is 2.83 bits per heavy atom. The summed E-state index contributed by atoms with van der Waals surface area (Å²) in [6.45, 7) is 0.618. The van der Waals surface area contributed by atoms with Crippen LogP contribution in [0.25, 0.3) is 0 Å². The number of nitrogen functional groups attached to an aromatic ring is 1. The fourth-order valence-electron chi connectivity index (χ4n) is 1.61. The zero-order chi connectivity index (χ0) is 13.1. The molecule has 1 heterocycles. The van der Waals surface area contributed by atoms with Gasteiger partial charge in [-0.15, -0.1) is 11.3 Å². The Morgan fingerprint density at radius 2 is 2.22 bits per heavy atom. The first-order chi connectivity index (χ1) is 8.58. The molecule has 0 aliphatic heterocycles. The van der Waals surface area contributed by atoms with Gasteiger partial charge in [-0.1, -0.05) is 6.07 Å². The van der Waals surface area contributed by atoms with E-state index in [4.69, 9.17) is 5.73 Å². The van der Waals surface area contributed by atoms with E-state index >= 15 is 0 Å². The molecule has 0 spiro atoms. The Labute approximate surface area is 118 Å². The Kier molecular flexibility index (Phi) is 4.04. The van der Waals surface area contributed by atoms with Crippen LogP contribution in [0.5, 0.6) is 0 Å².